The number of halogens is 2. The van der Waals surface area contributed by atoms with Gasteiger partial charge in [0.1, 0.15) is 0 Å². The molecule has 0 aliphatic heterocycles. The molecular weight excluding hydrogens is 345 g/mol. The van der Waals surface area contributed by atoms with Gasteiger partial charge in [0.25, 0.3) is 0 Å². The quantitative estimate of drug-likeness (QED) is 0.570. The molecule has 0 heterocycles. The normalized spacial score (nSPS) is 0. The second kappa shape index (κ2) is 19.7. The summed E-state index contributed by atoms with van der Waals surface area (Å²) in [7, 11) is 0. The van der Waals surface area contributed by atoms with Crippen molar-refractivity contribution in [2.45, 2.75) is 0 Å². The van der Waals surface area contributed by atoms with Crippen LogP contribution in [0.3, 0.4) is 0 Å². The third kappa shape index (κ3) is 8.96. The molecule has 4 heteroatoms. The van der Waals surface area contributed by atoms with Gasteiger partial charge in [0.05, 0.1) is 0 Å². The van der Waals surface area contributed by atoms with E-state index in [0.29, 0.717) is 0 Å². The molecule has 26 valence electrons. The van der Waals surface area contributed by atoms with E-state index < -0.39 is 0 Å². The van der Waals surface area contributed by atoms with E-state index in [1.54, 1.807) is 0 Å². The van der Waals surface area contributed by atoms with Gasteiger partial charge in [-0.3, -0.25) is 0 Å². The monoisotopic (exact) mass is 346 g/mol. The minimum Gasteiger partial charge on any atom is -0.147 e. The van der Waals surface area contributed by atoms with Gasteiger partial charge in [0.15, 0.2) is 0 Å². The summed E-state index contributed by atoms with van der Waals surface area (Å²) in [6.07, 6.45) is 0. The van der Waals surface area contributed by atoms with Crippen molar-refractivity contribution < 1.29 is 44.8 Å². The largest absolute Gasteiger partial charge is 0.147 e. The van der Waals surface area contributed by atoms with Crippen molar-refractivity contribution in [2.75, 3.05) is 0 Å². The second-order valence-corrected chi connectivity index (χ2v) is 0. The molecule has 0 aromatic carbocycles. The van der Waals surface area contributed by atoms with Crippen molar-refractivity contribution >= 4 is 24.8 Å². The van der Waals surface area contributed by atoms with E-state index >= 15 is 0 Å². The predicted octanol–water partition coefficient (Wildman–Crippen LogP) is 0.839. The zero-order chi connectivity index (χ0) is 0. The van der Waals surface area contributed by atoms with Crippen LogP contribution in [0.4, 0.5) is 0 Å². The van der Waals surface area contributed by atoms with E-state index in [4.69, 9.17) is 0 Å². The smallest absolute Gasteiger partial charge is 0 e. The van der Waals surface area contributed by atoms with Gasteiger partial charge in [0, 0.05) is 44.8 Å². The molecule has 0 unspecified atom stereocenters. The van der Waals surface area contributed by atoms with Crippen molar-refractivity contribution in [3.63, 3.8) is 0 Å². The summed E-state index contributed by atoms with van der Waals surface area (Å²) < 4.78 is 0. The zero-order valence-electron chi connectivity index (χ0n) is 1.71. The Labute approximate surface area is 68.9 Å². The van der Waals surface area contributed by atoms with E-state index in [2.05, 4.69) is 0 Å². The topological polar surface area (TPSA) is 0 Å². The summed E-state index contributed by atoms with van der Waals surface area (Å²) in [5, 5.41) is 0. The van der Waals surface area contributed by atoms with Gasteiger partial charge in [-0.1, -0.05) is 0 Å². The van der Waals surface area contributed by atoms with Gasteiger partial charge < -0.3 is 0 Å². The zero-order valence-corrected chi connectivity index (χ0v) is 8.76. The Balaban J connectivity index is 0. The number of hydrogen-bond donors (Lipinski definition) is 0. The molecule has 0 aromatic rings. The molecule has 2 radical (unpaired) electrons. The van der Waals surface area contributed by atoms with Gasteiger partial charge >= 0.3 is 0 Å². The summed E-state index contributed by atoms with van der Waals surface area (Å²) in [5.74, 6) is 0. The molecule has 0 aliphatic rings. The van der Waals surface area contributed by atoms with Crippen molar-refractivity contribution in [3.05, 3.63) is 0 Å². The fourth-order valence-electron chi connectivity index (χ4n) is 0. The van der Waals surface area contributed by atoms with Crippen LogP contribution in [0.25, 0.3) is 0 Å². The standard InChI is InChI=1S/2ClH.Nb.Ta/h2*1H;;. The summed E-state index contributed by atoms with van der Waals surface area (Å²) >= 11 is 0. The Morgan fingerprint density at radius 3 is 0.750 bits per heavy atom. The molecule has 0 aromatic heterocycles. The van der Waals surface area contributed by atoms with E-state index in [1.165, 1.54) is 0 Å². The first-order valence-corrected chi connectivity index (χ1v) is 0. The summed E-state index contributed by atoms with van der Waals surface area (Å²) in [6, 6.07) is 0. The molecule has 0 aliphatic carbocycles. The van der Waals surface area contributed by atoms with E-state index in [1.807, 2.05) is 0 Å². The first-order chi connectivity index (χ1) is 0. The molecule has 0 bridgehead atoms. The van der Waals surface area contributed by atoms with Crippen LogP contribution in [0, 0.1) is 0 Å². The van der Waals surface area contributed by atoms with Crippen LogP contribution in [-0.2, 0) is 44.8 Å². The Kier molecular flexibility index (Phi) is 180. The van der Waals surface area contributed by atoms with Crippen molar-refractivity contribution in [1.29, 1.82) is 0 Å². The predicted molar refractivity (Wildman–Crippen MR) is 14.5 cm³/mol. The van der Waals surface area contributed by atoms with Crippen LogP contribution in [0.15, 0.2) is 0 Å². The molecule has 0 fully saturated rings. The fraction of sp³-hybridized carbons (Fsp3) is 0. The fourth-order valence-corrected chi connectivity index (χ4v) is 0. The van der Waals surface area contributed by atoms with E-state index in [0.717, 1.165) is 0 Å². The van der Waals surface area contributed by atoms with E-state index in [9.17, 15) is 0 Å². The molecule has 0 rings (SSSR count). The third-order valence-corrected chi connectivity index (χ3v) is 0. The van der Waals surface area contributed by atoms with Gasteiger partial charge in [-0.25, -0.2) is 0 Å². The summed E-state index contributed by atoms with van der Waals surface area (Å²) in [6.45, 7) is 0. The number of hydrogen-bond acceptors (Lipinski definition) is 0. The van der Waals surface area contributed by atoms with Crippen molar-refractivity contribution in [1.82, 2.24) is 0 Å². The van der Waals surface area contributed by atoms with Crippen LogP contribution < -0.4 is 0 Å². The molecule has 0 amide bonds. The molecular formula is H2Cl2NbTa. The Morgan fingerprint density at radius 2 is 0.750 bits per heavy atom. The van der Waals surface area contributed by atoms with Crippen molar-refractivity contribution in [3.8, 4) is 0 Å². The van der Waals surface area contributed by atoms with Crippen LogP contribution in [0.2, 0.25) is 0 Å². The minimum atomic E-state index is 0. The van der Waals surface area contributed by atoms with Crippen LogP contribution in [0.5, 0.6) is 0 Å². The maximum Gasteiger partial charge on any atom is 0 e. The van der Waals surface area contributed by atoms with Crippen LogP contribution in [0.1, 0.15) is 0 Å². The second-order valence-electron chi connectivity index (χ2n) is 0. The van der Waals surface area contributed by atoms with Crippen LogP contribution >= 0.6 is 24.8 Å². The molecule has 0 N–H and O–H groups in total. The van der Waals surface area contributed by atoms with Crippen LogP contribution in [-0.4, -0.2) is 0 Å². The SMILES string of the molecule is Cl.Cl.[Nb].[Ta]. The average molecular weight is 347 g/mol. The maximum atomic E-state index is 0. The van der Waals surface area contributed by atoms with Gasteiger partial charge in [-0.2, -0.15) is 0 Å². The van der Waals surface area contributed by atoms with Gasteiger partial charge in [-0.05, 0) is 0 Å². The number of rotatable bonds is 0. The Bertz CT molecular complexity index is 6.00. The first-order valence-electron chi connectivity index (χ1n) is 0. The Morgan fingerprint density at radius 1 is 0.750 bits per heavy atom. The molecule has 0 atom stereocenters. The first kappa shape index (κ1) is 36.6. The van der Waals surface area contributed by atoms with E-state index in [-0.39, 0.29) is 69.6 Å². The summed E-state index contributed by atoms with van der Waals surface area (Å²) in [4.78, 5) is 0. The maximum absolute atomic E-state index is 0. The van der Waals surface area contributed by atoms with Gasteiger partial charge in [0.2, 0.25) is 0 Å². The molecule has 0 nitrogen and oxygen atoms in total. The molecule has 0 saturated carbocycles. The summed E-state index contributed by atoms with van der Waals surface area (Å²) in [5.41, 5.74) is 0. The molecule has 0 spiro atoms. The molecule has 0 saturated heterocycles. The third-order valence-electron chi connectivity index (χ3n) is 0. The Hall–Kier alpha value is 2.06. The minimum absolute atomic E-state index is 0. The van der Waals surface area contributed by atoms with Gasteiger partial charge in [-0.15, -0.1) is 24.8 Å². The molecule has 4 heavy (non-hydrogen) atoms. The van der Waals surface area contributed by atoms with Crippen molar-refractivity contribution in [2.24, 2.45) is 0 Å². The average Bonchev–Trinajstić information content (AvgIpc) is 0.